The first-order valence-electron chi connectivity index (χ1n) is 5.29. The molecular weight excluding hydrogens is 190 g/mol. The van der Waals surface area contributed by atoms with E-state index in [0.29, 0.717) is 5.82 Å². The predicted molar refractivity (Wildman–Crippen MR) is 60.5 cm³/mol. The molecule has 3 N–H and O–H groups in total. The molecule has 5 heteroatoms. The van der Waals surface area contributed by atoms with Crippen LogP contribution < -0.4 is 16.2 Å². The number of nitrogens with zero attached hydrogens (tertiary/aromatic N) is 3. The van der Waals surface area contributed by atoms with Crippen molar-refractivity contribution in [3.63, 3.8) is 0 Å². The van der Waals surface area contributed by atoms with Crippen LogP contribution in [0.1, 0.15) is 19.3 Å². The van der Waals surface area contributed by atoms with Crippen molar-refractivity contribution >= 4 is 11.6 Å². The van der Waals surface area contributed by atoms with Gasteiger partial charge in [0.25, 0.3) is 0 Å². The summed E-state index contributed by atoms with van der Waals surface area (Å²) in [4.78, 5) is 10.4. The molecule has 0 bridgehead atoms. The molecule has 2 rings (SSSR count). The second-order valence-electron chi connectivity index (χ2n) is 4.08. The third-order valence-electron chi connectivity index (χ3n) is 2.95. The average Bonchev–Trinajstić information content (AvgIpc) is 2.23. The molecule has 82 valence electrons. The number of anilines is 2. The van der Waals surface area contributed by atoms with E-state index in [0.717, 1.165) is 18.3 Å². The summed E-state index contributed by atoms with van der Waals surface area (Å²) in [7, 11) is 2.06. The van der Waals surface area contributed by atoms with E-state index >= 15 is 0 Å². The fourth-order valence-electron chi connectivity index (χ4n) is 1.79. The van der Waals surface area contributed by atoms with Gasteiger partial charge < -0.3 is 10.3 Å². The largest absolute Gasteiger partial charge is 0.359 e. The first-order chi connectivity index (χ1) is 7.29. The molecule has 15 heavy (non-hydrogen) atoms. The normalized spacial score (nSPS) is 15.9. The lowest BCUT2D eigenvalue weighted by Gasteiger charge is -2.30. The molecule has 0 radical (unpaired) electrons. The first kappa shape index (κ1) is 10.2. The lowest BCUT2D eigenvalue weighted by Crippen LogP contribution is -2.30. The number of hydrogen-bond donors (Lipinski definition) is 2. The van der Waals surface area contributed by atoms with E-state index in [4.69, 9.17) is 5.84 Å². The van der Waals surface area contributed by atoms with Gasteiger partial charge in [0.15, 0.2) is 0 Å². The smallest absolute Gasteiger partial charge is 0.145 e. The van der Waals surface area contributed by atoms with E-state index in [2.05, 4.69) is 27.3 Å². The maximum Gasteiger partial charge on any atom is 0.145 e. The van der Waals surface area contributed by atoms with E-state index < -0.39 is 0 Å². The van der Waals surface area contributed by atoms with Gasteiger partial charge in [-0.1, -0.05) is 6.42 Å². The maximum atomic E-state index is 5.30. The molecule has 1 saturated carbocycles. The molecule has 0 aromatic carbocycles. The van der Waals surface area contributed by atoms with Gasteiger partial charge in [0.05, 0.1) is 0 Å². The third-order valence-corrected chi connectivity index (χ3v) is 2.95. The fraction of sp³-hybridized carbons (Fsp3) is 0.600. The van der Waals surface area contributed by atoms with Crippen molar-refractivity contribution in [2.75, 3.05) is 23.9 Å². The van der Waals surface area contributed by atoms with E-state index in [9.17, 15) is 0 Å². The van der Waals surface area contributed by atoms with E-state index in [1.165, 1.54) is 25.6 Å². The van der Waals surface area contributed by atoms with Crippen LogP contribution in [0.3, 0.4) is 0 Å². The second kappa shape index (κ2) is 4.44. The number of nitrogens with one attached hydrogen (secondary N) is 1. The molecule has 1 aromatic heterocycles. The standard InChI is InChI=1S/C10H17N5/c1-15(6-8-3-2-4-8)10-5-9(14-11)12-7-13-10/h5,7-8H,2-4,6,11H2,1H3,(H,12,13,14). The van der Waals surface area contributed by atoms with Gasteiger partial charge in [0.1, 0.15) is 18.0 Å². The van der Waals surface area contributed by atoms with Gasteiger partial charge in [-0.15, -0.1) is 0 Å². The Labute approximate surface area is 89.7 Å². The molecule has 1 fully saturated rings. The minimum absolute atomic E-state index is 0.653. The van der Waals surface area contributed by atoms with Crippen LogP contribution in [0.5, 0.6) is 0 Å². The summed E-state index contributed by atoms with van der Waals surface area (Å²) >= 11 is 0. The lowest BCUT2D eigenvalue weighted by molar-refractivity contribution is 0.321. The van der Waals surface area contributed by atoms with Gasteiger partial charge >= 0.3 is 0 Å². The maximum absolute atomic E-state index is 5.30. The molecule has 0 amide bonds. The number of rotatable bonds is 4. The molecule has 0 aliphatic heterocycles. The van der Waals surface area contributed by atoms with Gasteiger partial charge in [-0.3, -0.25) is 0 Å². The van der Waals surface area contributed by atoms with Crippen LogP contribution in [0.15, 0.2) is 12.4 Å². The fourth-order valence-corrected chi connectivity index (χ4v) is 1.79. The minimum Gasteiger partial charge on any atom is -0.359 e. The van der Waals surface area contributed by atoms with Crippen LogP contribution in [-0.4, -0.2) is 23.6 Å². The van der Waals surface area contributed by atoms with Crippen LogP contribution in [0, 0.1) is 5.92 Å². The number of nitrogens with two attached hydrogens (primary N) is 1. The Morgan fingerprint density at radius 1 is 1.53 bits per heavy atom. The highest BCUT2D eigenvalue weighted by Crippen LogP contribution is 2.27. The molecule has 1 aromatic rings. The number of hydrazine groups is 1. The van der Waals surface area contributed by atoms with Crippen LogP contribution in [-0.2, 0) is 0 Å². The molecule has 5 nitrogen and oxygen atoms in total. The summed E-state index contributed by atoms with van der Waals surface area (Å²) in [5.41, 5.74) is 2.53. The van der Waals surface area contributed by atoms with Crippen molar-refractivity contribution in [2.24, 2.45) is 11.8 Å². The summed E-state index contributed by atoms with van der Waals surface area (Å²) < 4.78 is 0. The van der Waals surface area contributed by atoms with Gasteiger partial charge in [-0.25, -0.2) is 15.8 Å². The number of aromatic nitrogens is 2. The Balaban J connectivity index is 1.99. The number of nitrogen functional groups attached to an aromatic ring is 1. The number of hydrogen-bond acceptors (Lipinski definition) is 5. The van der Waals surface area contributed by atoms with Gasteiger partial charge in [-0.05, 0) is 18.8 Å². The van der Waals surface area contributed by atoms with Crippen molar-refractivity contribution in [1.82, 2.24) is 9.97 Å². The Bertz CT molecular complexity index is 323. The zero-order valence-corrected chi connectivity index (χ0v) is 8.98. The Kier molecular flexibility index (Phi) is 3.01. The van der Waals surface area contributed by atoms with Crippen molar-refractivity contribution in [2.45, 2.75) is 19.3 Å². The second-order valence-corrected chi connectivity index (χ2v) is 4.08. The summed E-state index contributed by atoms with van der Waals surface area (Å²) in [5.74, 6) is 7.71. The van der Waals surface area contributed by atoms with Crippen LogP contribution in [0.25, 0.3) is 0 Å². The van der Waals surface area contributed by atoms with Crippen molar-refractivity contribution in [3.8, 4) is 0 Å². The summed E-state index contributed by atoms with van der Waals surface area (Å²) in [5, 5.41) is 0. The zero-order valence-electron chi connectivity index (χ0n) is 8.98. The zero-order chi connectivity index (χ0) is 10.7. The average molecular weight is 207 g/mol. The third kappa shape index (κ3) is 2.36. The molecule has 1 aliphatic rings. The summed E-state index contributed by atoms with van der Waals surface area (Å²) in [6.07, 6.45) is 5.59. The summed E-state index contributed by atoms with van der Waals surface area (Å²) in [6, 6.07) is 1.86. The molecule has 1 heterocycles. The van der Waals surface area contributed by atoms with Crippen LogP contribution in [0.2, 0.25) is 0 Å². The molecular formula is C10H17N5. The Hall–Kier alpha value is -1.36. The van der Waals surface area contributed by atoms with E-state index in [-0.39, 0.29) is 0 Å². The van der Waals surface area contributed by atoms with Crippen molar-refractivity contribution in [1.29, 1.82) is 0 Å². The molecule has 1 aliphatic carbocycles. The topological polar surface area (TPSA) is 67.1 Å². The molecule has 0 unspecified atom stereocenters. The van der Waals surface area contributed by atoms with Gasteiger partial charge in [0.2, 0.25) is 0 Å². The SMILES string of the molecule is CN(CC1CCC1)c1cc(NN)ncn1. The molecule has 0 spiro atoms. The highest BCUT2D eigenvalue weighted by Gasteiger charge is 2.19. The minimum atomic E-state index is 0.653. The van der Waals surface area contributed by atoms with E-state index in [1.54, 1.807) is 0 Å². The van der Waals surface area contributed by atoms with Crippen molar-refractivity contribution in [3.05, 3.63) is 12.4 Å². The Morgan fingerprint density at radius 3 is 2.93 bits per heavy atom. The Morgan fingerprint density at radius 2 is 2.33 bits per heavy atom. The first-order valence-corrected chi connectivity index (χ1v) is 5.29. The van der Waals surface area contributed by atoms with Gasteiger partial charge in [-0.2, -0.15) is 0 Å². The van der Waals surface area contributed by atoms with E-state index in [1.807, 2.05) is 6.07 Å². The monoisotopic (exact) mass is 207 g/mol. The highest BCUT2D eigenvalue weighted by atomic mass is 15.3. The van der Waals surface area contributed by atoms with Crippen LogP contribution in [0.4, 0.5) is 11.6 Å². The van der Waals surface area contributed by atoms with Crippen LogP contribution >= 0.6 is 0 Å². The summed E-state index contributed by atoms with van der Waals surface area (Å²) in [6.45, 7) is 1.07. The predicted octanol–water partition coefficient (Wildman–Crippen LogP) is 0.998. The molecule has 0 atom stereocenters. The highest BCUT2D eigenvalue weighted by molar-refractivity contribution is 5.47. The molecule has 0 saturated heterocycles. The van der Waals surface area contributed by atoms with Crippen molar-refractivity contribution < 1.29 is 0 Å². The lowest BCUT2D eigenvalue weighted by atomic mass is 9.85. The van der Waals surface area contributed by atoms with Gasteiger partial charge in [0, 0.05) is 19.7 Å². The quantitative estimate of drug-likeness (QED) is 0.569.